The Balaban J connectivity index is 1.38. The lowest BCUT2D eigenvalue weighted by atomic mass is 9.92. The van der Waals surface area contributed by atoms with Crippen molar-refractivity contribution in [2.24, 2.45) is 0 Å². The lowest BCUT2D eigenvalue weighted by molar-refractivity contribution is -0.135. The van der Waals surface area contributed by atoms with E-state index < -0.39 is 0 Å². The summed E-state index contributed by atoms with van der Waals surface area (Å²) in [7, 11) is 0. The molecule has 1 aromatic carbocycles. The summed E-state index contributed by atoms with van der Waals surface area (Å²) < 4.78 is 0. The highest BCUT2D eigenvalue weighted by Crippen LogP contribution is 2.50. The van der Waals surface area contributed by atoms with Crippen LogP contribution in [0.2, 0.25) is 5.02 Å². The zero-order valence-corrected chi connectivity index (χ0v) is 15.1. The number of likely N-dealkylation sites (tertiary alicyclic amines) is 2. The van der Waals surface area contributed by atoms with Gasteiger partial charge in [-0.15, -0.1) is 0 Å². The van der Waals surface area contributed by atoms with E-state index in [1.165, 1.54) is 32.4 Å². The maximum atomic E-state index is 13.1. The summed E-state index contributed by atoms with van der Waals surface area (Å²) in [5.74, 6) is 0.349. The molecule has 0 N–H and O–H groups in total. The van der Waals surface area contributed by atoms with Crippen molar-refractivity contribution in [1.82, 2.24) is 9.80 Å². The van der Waals surface area contributed by atoms with Crippen LogP contribution < -0.4 is 0 Å². The molecular formula is C20H27ClN2O. The molecule has 0 atom stereocenters. The molecular weight excluding hydrogens is 320 g/mol. The van der Waals surface area contributed by atoms with E-state index in [1.54, 1.807) is 0 Å². The topological polar surface area (TPSA) is 23.6 Å². The Morgan fingerprint density at radius 1 is 0.958 bits per heavy atom. The van der Waals surface area contributed by atoms with Crippen LogP contribution in [0.1, 0.15) is 50.5 Å². The van der Waals surface area contributed by atoms with Gasteiger partial charge in [0.2, 0.25) is 5.91 Å². The first-order valence-electron chi connectivity index (χ1n) is 9.48. The highest BCUT2D eigenvalue weighted by molar-refractivity contribution is 6.30. The number of carbonyl (C=O) groups is 1. The van der Waals surface area contributed by atoms with E-state index in [0.717, 1.165) is 49.4 Å². The van der Waals surface area contributed by atoms with Crippen molar-refractivity contribution in [1.29, 1.82) is 0 Å². The largest absolute Gasteiger partial charge is 0.342 e. The van der Waals surface area contributed by atoms with Crippen molar-refractivity contribution in [2.45, 2.75) is 56.4 Å². The molecule has 0 spiro atoms. The van der Waals surface area contributed by atoms with Crippen LogP contribution in [0.5, 0.6) is 0 Å². The summed E-state index contributed by atoms with van der Waals surface area (Å²) in [6, 6.07) is 8.58. The first kappa shape index (κ1) is 16.4. The van der Waals surface area contributed by atoms with Crippen LogP contribution in [0.25, 0.3) is 0 Å². The van der Waals surface area contributed by atoms with Gasteiger partial charge < -0.3 is 9.80 Å². The maximum Gasteiger partial charge on any atom is 0.233 e. The molecule has 1 aliphatic carbocycles. The second-order valence-corrected chi connectivity index (χ2v) is 8.15. The third-order valence-corrected chi connectivity index (χ3v) is 6.47. The zero-order chi connectivity index (χ0) is 16.6. The average Bonchev–Trinajstić information content (AvgIpc) is 3.44. The number of benzene rings is 1. The van der Waals surface area contributed by atoms with Crippen molar-refractivity contribution in [2.75, 3.05) is 26.2 Å². The van der Waals surface area contributed by atoms with E-state index in [-0.39, 0.29) is 5.41 Å². The SMILES string of the molecule is O=C(N1CCC(N2CCCCC2)CC1)C1(c2ccc(Cl)cc2)CC1. The first-order chi connectivity index (χ1) is 11.7. The number of carbonyl (C=O) groups excluding carboxylic acids is 1. The van der Waals surface area contributed by atoms with Crippen molar-refractivity contribution in [3.63, 3.8) is 0 Å². The molecule has 0 aromatic heterocycles. The van der Waals surface area contributed by atoms with Gasteiger partial charge in [0.15, 0.2) is 0 Å². The van der Waals surface area contributed by atoms with Crippen LogP contribution in [0.15, 0.2) is 24.3 Å². The Hall–Kier alpha value is -1.06. The van der Waals surface area contributed by atoms with Crippen molar-refractivity contribution in [3.8, 4) is 0 Å². The predicted molar refractivity (Wildman–Crippen MR) is 97.4 cm³/mol. The van der Waals surface area contributed by atoms with Gasteiger partial charge in [0, 0.05) is 24.2 Å². The smallest absolute Gasteiger partial charge is 0.233 e. The van der Waals surface area contributed by atoms with Crippen LogP contribution >= 0.6 is 11.6 Å². The molecule has 4 heteroatoms. The maximum absolute atomic E-state index is 13.1. The molecule has 130 valence electrons. The number of halogens is 1. The lowest BCUT2D eigenvalue weighted by Crippen LogP contribution is -2.50. The minimum absolute atomic E-state index is 0.247. The molecule has 3 aliphatic rings. The molecule has 2 heterocycles. The number of hydrogen-bond donors (Lipinski definition) is 0. The van der Waals surface area contributed by atoms with Gasteiger partial charge in [0.25, 0.3) is 0 Å². The van der Waals surface area contributed by atoms with E-state index in [9.17, 15) is 4.79 Å². The summed E-state index contributed by atoms with van der Waals surface area (Å²) in [5, 5.41) is 0.740. The second-order valence-electron chi connectivity index (χ2n) is 7.71. The molecule has 2 aliphatic heterocycles. The van der Waals surface area contributed by atoms with Crippen molar-refractivity contribution < 1.29 is 4.79 Å². The monoisotopic (exact) mass is 346 g/mol. The third-order valence-electron chi connectivity index (χ3n) is 6.21. The van der Waals surface area contributed by atoms with E-state index in [0.29, 0.717) is 11.9 Å². The van der Waals surface area contributed by atoms with Gasteiger partial charge in [-0.1, -0.05) is 30.2 Å². The molecule has 1 aromatic rings. The van der Waals surface area contributed by atoms with Gasteiger partial charge in [0.05, 0.1) is 5.41 Å². The molecule has 4 rings (SSSR count). The van der Waals surface area contributed by atoms with Crippen LogP contribution in [0.4, 0.5) is 0 Å². The summed E-state index contributed by atoms with van der Waals surface area (Å²) in [6.45, 7) is 4.37. The number of amides is 1. The van der Waals surface area contributed by atoms with Crippen LogP contribution in [-0.4, -0.2) is 47.9 Å². The fraction of sp³-hybridized carbons (Fsp3) is 0.650. The summed E-state index contributed by atoms with van der Waals surface area (Å²) in [4.78, 5) is 17.9. The van der Waals surface area contributed by atoms with Crippen molar-refractivity contribution >= 4 is 17.5 Å². The number of rotatable bonds is 3. The van der Waals surface area contributed by atoms with Crippen molar-refractivity contribution in [3.05, 3.63) is 34.9 Å². The van der Waals surface area contributed by atoms with Gasteiger partial charge in [-0.2, -0.15) is 0 Å². The number of hydrogen-bond acceptors (Lipinski definition) is 2. The molecule has 3 fully saturated rings. The molecule has 1 amide bonds. The summed E-state index contributed by atoms with van der Waals surface area (Å²) in [6.07, 6.45) is 8.33. The van der Waals surface area contributed by atoms with E-state index in [2.05, 4.69) is 9.80 Å². The lowest BCUT2D eigenvalue weighted by Gasteiger charge is -2.41. The van der Waals surface area contributed by atoms with Gasteiger partial charge in [-0.05, 0) is 69.3 Å². The van der Waals surface area contributed by atoms with Gasteiger partial charge in [0.1, 0.15) is 0 Å². The molecule has 0 radical (unpaired) electrons. The molecule has 0 bridgehead atoms. The molecule has 1 saturated carbocycles. The van der Waals surface area contributed by atoms with Gasteiger partial charge >= 0.3 is 0 Å². The second kappa shape index (κ2) is 6.68. The summed E-state index contributed by atoms with van der Waals surface area (Å²) >= 11 is 6.00. The van der Waals surface area contributed by atoms with E-state index in [1.807, 2.05) is 24.3 Å². The van der Waals surface area contributed by atoms with Crippen LogP contribution in [0, 0.1) is 0 Å². The normalized spacial score (nSPS) is 24.8. The Bertz CT molecular complexity index is 582. The quantitative estimate of drug-likeness (QED) is 0.830. The molecule has 2 saturated heterocycles. The zero-order valence-electron chi connectivity index (χ0n) is 14.3. The highest BCUT2D eigenvalue weighted by atomic mass is 35.5. The minimum Gasteiger partial charge on any atom is -0.342 e. The Morgan fingerprint density at radius 2 is 1.58 bits per heavy atom. The Kier molecular flexibility index (Phi) is 4.57. The predicted octanol–water partition coefficient (Wildman–Crippen LogP) is 3.85. The van der Waals surface area contributed by atoms with E-state index >= 15 is 0 Å². The Labute approximate surface area is 150 Å². The number of piperidine rings is 2. The molecule has 0 unspecified atom stereocenters. The Morgan fingerprint density at radius 3 is 2.17 bits per heavy atom. The van der Waals surface area contributed by atoms with Crippen LogP contribution in [-0.2, 0) is 10.2 Å². The first-order valence-corrected chi connectivity index (χ1v) is 9.86. The van der Waals surface area contributed by atoms with Gasteiger partial charge in [-0.3, -0.25) is 4.79 Å². The number of nitrogens with zero attached hydrogens (tertiary/aromatic N) is 2. The van der Waals surface area contributed by atoms with Crippen LogP contribution in [0.3, 0.4) is 0 Å². The molecule has 24 heavy (non-hydrogen) atoms. The van der Waals surface area contributed by atoms with E-state index in [4.69, 9.17) is 11.6 Å². The third kappa shape index (κ3) is 3.09. The molecule has 3 nitrogen and oxygen atoms in total. The standard InChI is InChI=1S/C20H27ClN2O/c21-17-6-4-16(5-7-17)20(10-11-20)19(24)23-14-8-18(9-15-23)22-12-2-1-3-13-22/h4-7,18H,1-3,8-15H2. The fourth-order valence-corrected chi connectivity index (χ4v) is 4.67. The summed E-state index contributed by atoms with van der Waals surface area (Å²) in [5.41, 5.74) is 0.901. The fourth-order valence-electron chi connectivity index (χ4n) is 4.54. The average molecular weight is 347 g/mol. The highest BCUT2D eigenvalue weighted by Gasteiger charge is 2.53. The minimum atomic E-state index is -0.247. The van der Waals surface area contributed by atoms with Gasteiger partial charge in [-0.25, -0.2) is 0 Å².